The van der Waals surface area contributed by atoms with Crippen molar-refractivity contribution in [3.63, 3.8) is 0 Å². The summed E-state index contributed by atoms with van der Waals surface area (Å²) in [5.41, 5.74) is 1.66. The summed E-state index contributed by atoms with van der Waals surface area (Å²) >= 11 is 0. The lowest BCUT2D eigenvalue weighted by molar-refractivity contribution is -0.384. The number of phenolic OH excluding ortho intramolecular Hbond substituents is 1. The van der Waals surface area contributed by atoms with E-state index in [-0.39, 0.29) is 11.4 Å². The van der Waals surface area contributed by atoms with Crippen LogP contribution in [0, 0.1) is 21.4 Å². The van der Waals surface area contributed by atoms with Crippen LogP contribution in [0.2, 0.25) is 0 Å². The minimum absolute atomic E-state index is 0.0865. The highest BCUT2D eigenvalue weighted by atomic mass is 16.6. The maximum atomic E-state index is 10.9. The third kappa shape index (κ3) is 2.13. The molecule has 0 bridgehead atoms. The number of fused-ring (bicyclic) bond motifs is 1. The lowest BCUT2D eigenvalue weighted by Gasteiger charge is -2.10. The summed E-state index contributed by atoms with van der Waals surface area (Å²) in [6.45, 7) is 0. The first-order chi connectivity index (χ1) is 10.6. The van der Waals surface area contributed by atoms with E-state index in [9.17, 15) is 20.5 Å². The molecule has 0 aromatic heterocycles. The number of hydrogen-bond acceptors (Lipinski definition) is 4. The van der Waals surface area contributed by atoms with Gasteiger partial charge in [0.2, 0.25) is 0 Å². The molecular weight excluding hydrogens is 280 g/mol. The van der Waals surface area contributed by atoms with Gasteiger partial charge in [0, 0.05) is 28.5 Å². The Morgan fingerprint density at radius 2 is 1.77 bits per heavy atom. The molecule has 3 aromatic carbocycles. The molecule has 0 spiro atoms. The van der Waals surface area contributed by atoms with Crippen molar-refractivity contribution in [2.24, 2.45) is 0 Å². The second-order valence-electron chi connectivity index (χ2n) is 4.78. The van der Waals surface area contributed by atoms with Gasteiger partial charge in [0.1, 0.15) is 11.8 Å². The van der Waals surface area contributed by atoms with E-state index < -0.39 is 4.92 Å². The number of phenols is 1. The van der Waals surface area contributed by atoms with Gasteiger partial charge in [-0.2, -0.15) is 5.26 Å². The minimum atomic E-state index is -0.532. The van der Waals surface area contributed by atoms with Gasteiger partial charge in [0.25, 0.3) is 5.69 Å². The average Bonchev–Trinajstić information content (AvgIpc) is 2.55. The van der Waals surface area contributed by atoms with E-state index in [1.54, 1.807) is 0 Å². The summed E-state index contributed by atoms with van der Waals surface area (Å²) in [4.78, 5) is 10.3. The number of aromatic hydroxyl groups is 1. The molecule has 5 heteroatoms. The number of nitro benzene ring substituents is 1. The predicted molar refractivity (Wildman–Crippen MR) is 82.4 cm³/mol. The third-order valence-corrected chi connectivity index (χ3v) is 3.51. The molecule has 0 heterocycles. The van der Waals surface area contributed by atoms with Crippen LogP contribution in [0.5, 0.6) is 5.75 Å². The fraction of sp³-hybridized carbons (Fsp3) is 0. The summed E-state index contributed by atoms with van der Waals surface area (Å²) in [6.07, 6.45) is 0. The van der Waals surface area contributed by atoms with E-state index in [1.807, 2.05) is 30.3 Å². The van der Waals surface area contributed by atoms with Gasteiger partial charge in [-0.15, -0.1) is 0 Å². The second kappa shape index (κ2) is 5.19. The molecule has 0 aliphatic carbocycles. The van der Waals surface area contributed by atoms with Crippen LogP contribution in [0.1, 0.15) is 5.56 Å². The zero-order valence-electron chi connectivity index (χ0n) is 11.4. The van der Waals surface area contributed by atoms with Crippen LogP contribution in [0.3, 0.4) is 0 Å². The molecule has 0 aliphatic rings. The highest BCUT2D eigenvalue weighted by Crippen LogP contribution is 2.37. The molecule has 0 saturated carbocycles. The fourth-order valence-electron chi connectivity index (χ4n) is 2.47. The monoisotopic (exact) mass is 290 g/mol. The minimum Gasteiger partial charge on any atom is -0.507 e. The molecule has 0 saturated heterocycles. The van der Waals surface area contributed by atoms with Gasteiger partial charge in [-0.1, -0.05) is 30.3 Å². The van der Waals surface area contributed by atoms with E-state index in [0.717, 1.165) is 5.56 Å². The molecule has 1 N–H and O–H groups in total. The lowest BCUT2D eigenvalue weighted by Crippen LogP contribution is -1.91. The summed E-state index contributed by atoms with van der Waals surface area (Å²) in [6, 6.07) is 16.9. The maximum Gasteiger partial charge on any atom is 0.270 e. The summed E-state index contributed by atoms with van der Waals surface area (Å²) in [7, 11) is 0. The molecule has 3 rings (SSSR count). The summed E-state index contributed by atoms with van der Waals surface area (Å²) in [5.74, 6) is -0.0865. The van der Waals surface area contributed by atoms with E-state index in [2.05, 4.69) is 6.07 Å². The zero-order valence-corrected chi connectivity index (χ0v) is 11.4. The molecule has 0 radical (unpaired) electrons. The van der Waals surface area contributed by atoms with Crippen molar-refractivity contribution in [2.75, 3.05) is 0 Å². The van der Waals surface area contributed by atoms with Gasteiger partial charge in [-0.3, -0.25) is 10.1 Å². The number of nitro groups is 1. The highest BCUT2D eigenvalue weighted by Gasteiger charge is 2.16. The Hall–Kier alpha value is -3.39. The first kappa shape index (κ1) is 13.6. The fourth-order valence-corrected chi connectivity index (χ4v) is 2.47. The zero-order chi connectivity index (χ0) is 15.7. The number of nitriles is 1. The molecule has 3 aromatic rings. The van der Waals surface area contributed by atoms with Crippen LogP contribution < -0.4 is 0 Å². The number of non-ortho nitro benzene ring substituents is 1. The van der Waals surface area contributed by atoms with Crippen molar-refractivity contribution in [1.82, 2.24) is 0 Å². The van der Waals surface area contributed by atoms with Crippen molar-refractivity contribution in [3.05, 3.63) is 70.3 Å². The molecule has 0 unspecified atom stereocenters. The smallest absolute Gasteiger partial charge is 0.270 e. The van der Waals surface area contributed by atoms with Crippen molar-refractivity contribution in [2.45, 2.75) is 0 Å². The van der Waals surface area contributed by atoms with Crippen molar-refractivity contribution >= 4 is 16.5 Å². The Bertz CT molecular complexity index is 928. The third-order valence-electron chi connectivity index (χ3n) is 3.51. The standard InChI is InChI=1S/C17H10N2O3/c18-10-16-13-7-6-12(19(21)22)8-15(13)17(20)9-14(16)11-4-2-1-3-5-11/h1-9,20H. The van der Waals surface area contributed by atoms with E-state index in [0.29, 0.717) is 21.9 Å². The Labute approximate surface area is 125 Å². The molecule has 22 heavy (non-hydrogen) atoms. The van der Waals surface area contributed by atoms with Gasteiger partial charge in [0.05, 0.1) is 10.5 Å². The second-order valence-corrected chi connectivity index (χ2v) is 4.78. The molecule has 0 amide bonds. The maximum absolute atomic E-state index is 10.9. The van der Waals surface area contributed by atoms with E-state index in [4.69, 9.17) is 0 Å². The van der Waals surface area contributed by atoms with Crippen LogP contribution in [0.25, 0.3) is 21.9 Å². The Morgan fingerprint density at radius 1 is 1.05 bits per heavy atom. The molecule has 106 valence electrons. The number of rotatable bonds is 2. The highest BCUT2D eigenvalue weighted by molar-refractivity contribution is 5.99. The normalized spacial score (nSPS) is 10.3. The molecule has 0 fully saturated rings. The van der Waals surface area contributed by atoms with Gasteiger partial charge in [-0.05, 0) is 17.7 Å². The molecule has 0 atom stereocenters. The van der Waals surface area contributed by atoms with Crippen LogP contribution in [-0.4, -0.2) is 10.0 Å². The Kier molecular flexibility index (Phi) is 3.20. The average molecular weight is 290 g/mol. The van der Waals surface area contributed by atoms with E-state index >= 15 is 0 Å². The van der Waals surface area contributed by atoms with E-state index in [1.165, 1.54) is 24.3 Å². The first-order valence-corrected chi connectivity index (χ1v) is 6.51. The van der Waals surface area contributed by atoms with Gasteiger partial charge in [0.15, 0.2) is 0 Å². The summed E-state index contributed by atoms with van der Waals surface area (Å²) < 4.78 is 0. The Morgan fingerprint density at radius 3 is 2.41 bits per heavy atom. The van der Waals surface area contributed by atoms with Crippen LogP contribution >= 0.6 is 0 Å². The van der Waals surface area contributed by atoms with Crippen LogP contribution in [0.15, 0.2) is 54.6 Å². The lowest BCUT2D eigenvalue weighted by atomic mass is 9.94. The van der Waals surface area contributed by atoms with Gasteiger partial charge in [-0.25, -0.2) is 0 Å². The quantitative estimate of drug-likeness (QED) is 0.571. The SMILES string of the molecule is N#Cc1c(-c2ccccc2)cc(O)c2cc([N+](=O)[O-])ccc12. The number of nitrogens with zero attached hydrogens (tertiary/aromatic N) is 2. The van der Waals surface area contributed by atoms with Crippen LogP contribution in [0.4, 0.5) is 5.69 Å². The molecule has 0 aliphatic heterocycles. The molecular formula is C17H10N2O3. The van der Waals surface area contributed by atoms with Crippen LogP contribution in [-0.2, 0) is 0 Å². The largest absolute Gasteiger partial charge is 0.507 e. The van der Waals surface area contributed by atoms with Crippen molar-refractivity contribution < 1.29 is 10.0 Å². The first-order valence-electron chi connectivity index (χ1n) is 6.51. The Balaban J connectivity index is 2.36. The topological polar surface area (TPSA) is 87.2 Å². The number of benzene rings is 3. The van der Waals surface area contributed by atoms with Crippen molar-refractivity contribution in [3.8, 4) is 22.9 Å². The summed E-state index contributed by atoms with van der Waals surface area (Å²) in [5, 5.41) is 31.3. The molecule has 5 nitrogen and oxygen atoms in total. The number of hydrogen-bond donors (Lipinski definition) is 1. The predicted octanol–water partition coefficient (Wildman–Crippen LogP) is 3.99. The van der Waals surface area contributed by atoms with Gasteiger partial charge >= 0.3 is 0 Å². The van der Waals surface area contributed by atoms with Gasteiger partial charge < -0.3 is 5.11 Å². The van der Waals surface area contributed by atoms with Crippen molar-refractivity contribution in [1.29, 1.82) is 5.26 Å².